The molecule has 192 valence electrons. The van der Waals surface area contributed by atoms with E-state index >= 15 is 0 Å². The normalized spacial score (nSPS) is 15.2. The van der Waals surface area contributed by atoms with E-state index in [9.17, 15) is 9.59 Å². The second-order valence-corrected chi connectivity index (χ2v) is 14.7. The van der Waals surface area contributed by atoms with Crippen molar-refractivity contribution in [1.29, 1.82) is 0 Å². The summed E-state index contributed by atoms with van der Waals surface area (Å²) in [5, 5.41) is 9.27. The van der Waals surface area contributed by atoms with Crippen LogP contribution in [0.2, 0.25) is 18.1 Å². The average Bonchev–Trinajstić information content (AvgIpc) is 3.33. The van der Waals surface area contributed by atoms with Gasteiger partial charge in [0.15, 0.2) is 14.0 Å². The predicted molar refractivity (Wildman–Crippen MR) is 138 cm³/mol. The van der Waals surface area contributed by atoms with Gasteiger partial charge in [0, 0.05) is 16.3 Å². The molecule has 1 aromatic rings. The van der Waals surface area contributed by atoms with Gasteiger partial charge in [-0.1, -0.05) is 60.0 Å². The molecular formula is C23H41N5O4SSi. The highest BCUT2D eigenvalue weighted by Gasteiger charge is 2.36. The molecule has 1 heterocycles. The van der Waals surface area contributed by atoms with E-state index in [1.165, 1.54) is 18.4 Å². The second kappa shape index (κ2) is 14.5. The molecule has 4 atom stereocenters. The molecule has 1 N–H and O–H groups in total. The fourth-order valence-electron chi connectivity index (χ4n) is 3.83. The standard InChI is InChI=1S/C23H41N5O4SSi/c1-9-16(7)20(27-28-24)21(29)25-17(15(5)6)13-19(32-34(10-2,11-3)12-4)22-26-18(14-33-22)23(30)31-8/h14-17,19-20H,9-13H2,1-8H3,(H,25,29)/t16-,17+,19+,20-/m0/s1. The number of carbonyl (C=O) groups excluding carboxylic acids is 2. The van der Waals surface area contributed by atoms with Crippen LogP contribution < -0.4 is 5.32 Å². The van der Waals surface area contributed by atoms with Crippen molar-refractivity contribution in [3.8, 4) is 0 Å². The Bertz CT molecular complexity index is 831. The van der Waals surface area contributed by atoms with Crippen LogP contribution in [0.3, 0.4) is 0 Å². The molecule has 1 aromatic heterocycles. The molecule has 0 unspecified atom stereocenters. The number of methoxy groups -OCH3 is 1. The Hall–Kier alpha value is -1.94. The zero-order valence-electron chi connectivity index (χ0n) is 21.8. The molecule has 0 bridgehead atoms. The van der Waals surface area contributed by atoms with Gasteiger partial charge in [0.1, 0.15) is 11.0 Å². The summed E-state index contributed by atoms with van der Waals surface area (Å²) in [6, 6.07) is 1.92. The topological polar surface area (TPSA) is 126 Å². The Morgan fingerprint density at radius 3 is 2.29 bits per heavy atom. The third-order valence-corrected chi connectivity index (χ3v) is 12.3. The predicted octanol–water partition coefficient (Wildman–Crippen LogP) is 6.25. The molecule has 0 aliphatic heterocycles. The fraction of sp³-hybridized carbons (Fsp3) is 0.783. The molecule has 1 amide bonds. The lowest BCUT2D eigenvalue weighted by molar-refractivity contribution is -0.124. The summed E-state index contributed by atoms with van der Waals surface area (Å²) in [7, 11) is -0.684. The summed E-state index contributed by atoms with van der Waals surface area (Å²) >= 11 is 1.38. The van der Waals surface area contributed by atoms with E-state index in [2.05, 4.69) is 41.1 Å². The zero-order valence-corrected chi connectivity index (χ0v) is 23.6. The van der Waals surface area contributed by atoms with E-state index in [1.807, 2.05) is 27.7 Å². The maximum Gasteiger partial charge on any atom is 0.357 e. The van der Waals surface area contributed by atoms with Gasteiger partial charge in [0.2, 0.25) is 5.91 Å². The van der Waals surface area contributed by atoms with Crippen LogP contribution >= 0.6 is 11.3 Å². The Morgan fingerprint density at radius 2 is 1.82 bits per heavy atom. The highest BCUT2D eigenvalue weighted by Crippen LogP contribution is 2.35. The molecule has 0 fully saturated rings. The first-order valence-electron chi connectivity index (χ1n) is 12.2. The van der Waals surface area contributed by atoms with Crippen molar-refractivity contribution < 1.29 is 18.8 Å². The molecule has 0 spiro atoms. The van der Waals surface area contributed by atoms with Gasteiger partial charge in [-0.15, -0.1) is 11.3 Å². The minimum atomic E-state index is -2.02. The second-order valence-electron chi connectivity index (χ2n) is 9.04. The Morgan fingerprint density at radius 1 is 1.21 bits per heavy atom. The van der Waals surface area contributed by atoms with E-state index in [0.717, 1.165) is 24.6 Å². The van der Waals surface area contributed by atoms with Gasteiger partial charge in [0.25, 0.3) is 0 Å². The molecular weight excluding hydrogens is 470 g/mol. The van der Waals surface area contributed by atoms with Crippen molar-refractivity contribution in [2.24, 2.45) is 17.0 Å². The van der Waals surface area contributed by atoms with Crippen LogP contribution in [0.5, 0.6) is 0 Å². The van der Waals surface area contributed by atoms with Crippen molar-refractivity contribution in [2.45, 2.75) is 97.6 Å². The number of azide groups is 1. The fourth-order valence-corrected chi connectivity index (χ4v) is 7.56. The smallest absolute Gasteiger partial charge is 0.357 e. The van der Waals surface area contributed by atoms with Crippen LogP contribution in [0.15, 0.2) is 10.5 Å². The molecule has 0 aliphatic rings. The van der Waals surface area contributed by atoms with Crippen molar-refractivity contribution >= 4 is 31.5 Å². The molecule has 1 rings (SSSR count). The van der Waals surface area contributed by atoms with Crippen molar-refractivity contribution in [2.75, 3.05) is 7.11 Å². The number of rotatable bonds is 15. The van der Waals surface area contributed by atoms with Crippen LogP contribution in [0.1, 0.15) is 82.9 Å². The number of hydrogen-bond donors (Lipinski definition) is 1. The van der Waals surface area contributed by atoms with Crippen molar-refractivity contribution in [1.82, 2.24) is 10.3 Å². The molecule has 0 aliphatic carbocycles. The number of hydrogen-bond acceptors (Lipinski definition) is 7. The van der Waals surface area contributed by atoms with E-state index in [0.29, 0.717) is 11.4 Å². The number of nitrogens with zero attached hydrogens (tertiary/aromatic N) is 4. The first-order valence-corrected chi connectivity index (χ1v) is 15.6. The molecule has 0 aromatic carbocycles. The van der Waals surface area contributed by atoms with Crippen molar-refractivity contribution in [3.05, 3.63) is 26.5 Å². The van der Waals surface area contributed by atoms with Crippen LogP contribution in [0.4, 0.5) is 0 Å². The van der Waals surface area contributed by atoms with E-state index < -0.39 is 20.3 Å². The van der Waals surface area contributed by atoms with Gasteiger partial charge in [-0.25, -0.2) is 9.78 Å². The highest BCUT2D eigenvalue weighted by molar-refractivity contribution is 7.09. The molecule has 0 saturated heterocycles. The third-order valence-electron chi connectivity index (χ3n) is 6.75. The lowest BCUT2D eigenvalue weighted by Gasteiger charge is -2.35. The van der Waals surface area contributed by atoms with Gasteiger partial charge in [0.05, 0.1) is 13.2 Å². The monoisotopic (exact) mass is 511 g/mol. The molecule has 9 nitrogen and oxygen atoms in total. The number of ether oxygens (including phenoxy) is 1. The number of aromatic nitrogens is 1. The Balaban J connectivity index is 3.30. The van der Waals surface area contributed by atoms with E-state index in [-0.39, 0.29) is 35.6 Å². The Labute approximate surface area is 208 Å². The lowest BCUT2D eigenvalue weighted by atomic mass is 9.95. The minimum Gasteiger partial charge on any atom is -0.464 e. The van der Waals surface area contributed by atoms with E-state index in [4.69, 9.17) is 14.7 Å². The summed E-state index contributed by atoms with van der Waals surface area (Å²) in [6.45, 7) is 14.4. The van der Waals surface area contributed by atoms with Crippen LogP contribution in [-0.2, 0) is 14.0 Å². The zero-order chi connectivity index (χ0) is 25.9. The van der Waals surface area contributed by atoms with Gasteiger partial charge < -0.3 is 14.5 Å². The molecule has 0 radical (unpaired) electrons. The summed E-state index contributed by atoms with van der Waals surface area (Å²) in [5.74, 6) is -0.716. The van der Waals surface area contributed by atoms with Crippen LogP contribution in [0, 0.1) is 11.8 Å². The number of carbonyl (C=O) groups is 2. The van der Waals surface area contributed by atoms with Gasteiger partial charge in [-0.05, 0) is 41.9 Å². The SMILES string of the molecule is CC[C@H](C)[C@H](N=[N+]=[N-])C(=O)N[C@H](C[C@@H](O[Si](CC)(CC)CC)c1nc(C(=O)OC)cs1)C(C)C. The largest absolute Gasteiger partial charge is 0.464 e. The number of nitrogens with one attached hydrogen (secondary N) is 1. The molecule has 0 saturated carbocycles. The summed E-state index contributed by atoms with van der Waals surface area (Å²) in [5.41, 5.74) is 9.22. The number of amides is 1. The van der Waals surface area contributed by atoms with Gasteiger partial charge in [-0.2, -0.15) is 0 Å². The Kier molecular flexibility index (Phi) is 12.8. The quantitative estimate of drug-likeness (QED) is 0.0979. The summed E-state index contributed by atoms with van der Waals surface area (Å²) in [4.78, 5) is 32.5. The van der Waals surface area contributed by atoms with E-state index in [1.54, 1.807) is 5.38 Å². The minimum absolute atomic E-state index is 0.0716. The lowest BCUT2D eigenvalue weighted by Crippen LogP contribution is -2.47. The van der Waals surface area contributed by atoms with Crippen LogP contribution in [-0.4, -0.2) is 44.4 Å². The maximum absolute atomic E-state index is 13.1. The summed E-state index contributed by atoms with van der Waals surface area (Å²) < 4.78 is 11.7. The first kappa shape index (κ1) is 30.1. The third kappa shape index (κ3) is 8.08. The molecule has 34 heavy (non-hydrogen) atoms. The first-order chi connectivity index (χ1) is 16.1. The van der Waals surface area contributed by atoms with Crippen molar-refractivity contribution in [3.63, 3.8) is 0 Å². The summed E-state index contributed by atoms with van der Waals surface area (Å²) in [6.07, 6.45) is 0.877. The maximum atomic E-state index is 13.1. The highest BCUT2D eigenvalue weighted by atomic mass is 32.1. The molecule has 11 heteroatoms. The number of esters is 1. The van der Waals surface area contributed by atoms with Gasteiger partial charge in [-0.3, -0.25) is 4.79 Å². The average molecular weight is 512 g/mol. The number of thiazole rings is 1. The van der Waals surface area contributed by atoms with Crippen LogP contribution in [0.25, 0.3) is 10.4 Å². The van der Waals surface area contributed by atoms with Gasteiger partial charge >= 0.3 is 5.97 Å².